The molecule has 0 aliphatic heterocycles. The first kappa shape index (κ1) is 10.2. The van der Waals surface area contributed by atoms with Gasteiger partial charge in [-0.15, -0.1) is 0 Å². The molecule has 12 heavy (non-hydrogen) atoms. The molecule has 0 aromatic carbocycles. The molecule has 0 unspecified atom stereocenters. The Balaban J connectivity index is 4.83. The second-order valence-electron chi connectivity index (χ2n) is 1.90. The number of aliphatic hydroxyl groups excluding tert-OH is 1. The van der Waals surface area contributed by atoms with Gasteiger partial charge in [-0.3, -0.25) is 0 Å². The fraction of sp³-hybridized carbons (Fsp3) is 0. The number of hydrogen-bond acceptors (Lipinski definition) is 2. The molecule has 3 nitrogen and oxygen atoms in total. The lowest BCUT2D eigenvalue weighted by atomic mass is 10.2. The zero-order valence-corrected chi connectivity index (χ0v) is 6.53. The molecule has 0 fully saturated rings. The first-order chi connectivity index (χ1) is 5.63. The maximum absolute atomic E-state index is 10.4. The van der Waals surface area contributed by atoms with Gasteiger partial charge in [-0.05, 0) is 6.08 Å². The van der Waals surface area contributed by atoms with Crippen LogP contribution in [0.25, 0.3) is 0 Å². The highest BCUT2D eigenvalue weighted by molar-refractivity contribution is 5.90. The van der Waals surface area contributed by atoms with Crippen LogP contribution in [0.3, 0.4) is 0 Å². The van der Waals surface area contributed by atoms with Crippen LogP contribution in [0, 0.1) is 0 Å². The van der Waals surface area contributed by atoms with Gasteiger partial charge in [-0.1, -0.05) is 31.4 Å². The summed E-state index contributed by atoms with van der Waals surface area (Å²) in [6.45, 7) is 6.62. The molecule has 0 heterocycles. The average Bonchev–Trinajstić information content (AvgIpc) is 2.01. The van der Waals surface area contributed by atoms with E-state index in [4.69, 9.17) is 10.2 Å². The van der Waals surface area contributed by atoms with Gasteiger partial charge in [0.1, 0.15) is 11.3 Å². The van der Waals surface area contributed by atoms with Crippen molar-refractivity contribution in [3.05, 3.63) is 48.8 Å². The zero-order valence-electron chi connectivity index (χ0n) is 6.53. The molecule has 0 aliphatic carbocycles. The van der Waals surface area contributed by atoms with E-state index in [2.05, 4.69) is 13.2 Å². The van der Waals surface area contributed by atoms with Gasteiger partial charge in [0.05, 0.1) is 0 Å². The minimum atomic E-state index is -1.21. The quantitative estimate of drug-likeness (QED) is 0.380. The normalized spacial score (nSPS) is 12.3. The topological polar surface area (TPSA) is 57.5 Å². The Morgan fingerprint density at radius 2 is 1.83 bits per heavy atom. The Hall–Kier alpha value is -1.77. The molecule has 0 amide bonds. The highest BCUT2D eigenvalue weighted by Crippen LogP contribution is 2.04. The fourth-order valence-electron chi connectivity index (χ4n) is 0.550. The van der Waals surface area contributed by atoms with Gasteiger partial charge in [-0.2, -0.15) is 0 Å². The second kappa shape index (κ2) is 4.96. The molecular formula is C9H10O3. The average molecular weight is 166 g/mol. The molecule has 0 aromatic heterocycles. The summed E-state index contributed by atoms with van der Waals surface area (Å²) in [5, 5.41) is 17.6. The summed E-state index contributed by atoms with van der Waals surface area (Å²) in [5.74, 6) is -1.55. The fourth-order valence-corrected chi connectivity index (χ4v) is 0.550. The molecule has 0 aliphatic rings. The number of allylic oxidation sites excluding steroid dienone is 3. The Morgan fingerprint density at radius 1 is 1.25 bits per heavy atom. The van der Waals surface area contributed by atoms with Crippen molar-refractivity contribution in [2.75, 3.05) is 0 Å². The predicted molar refractivity (Wildman–Crippen MR) is 46.8 cm³/mol. The number of aliphatic carboxylic acids is 1. The summed E-state index contributed by atoms with van der Waals surface area (Å²) in [7, 11) is 0. The maximum atomic E-state index is 10.4. The van der Waals surface area contributed by atoms with Crippen LogP contribution in [0.2, 0.25) is 0 Å². The van der Waals surface area contributed by atoms with Gasteiger partial charge in [0.25, 0.3) is 0 Å². The maximum Gasteiger partial charge on any atom is 0.339 e. The number of hydrogen-bond donors (Lipinski definition) is 2. The standard InChI is InChI=1S/C9H10O3/c1-3-5-6-8(10)7(4-2)9(11)12/h3-6,10H,1-2H2,(H,11,12)/b6-5-,8-7-. The predicted octanol–water partition coefficient (Wildman–Crippen LogP) is 1.81. The van der Waals surface area contributed by atoms with Crippen LogP contribution in [0.4, 0.5) is 0 Å². The second-order valence-corrected chi connectivity index (χ2v) is 1.90. The van der Waals surface area contributed by atoms with Crippen molar-refractivity contribution in [1.29, 1.82) is 0 Å². The van der Waals surface area contributed by atoms with E-state index in [1.54, 1.807) is 0 Å². The van der Waals surface area contributed by atoms with E-state index >= 15 is 0 Å². The largest absolute Gasteiger partial charge is 0.507 e. The van der Waals surface area contributed by atoms with Crippen LogP contribution >= 0.6 is 0 Å². The van der Waals surface area contributed by atoms with E-state index in [-0.39, 0.29) is 11.3 Å². The first-order valence-electron chi connectivity index (χ1n) is 3.21. The summed E-state index contributed by atoms with van der Waals surface area (Å²) < 4.78 is 0. The minimum absolute atomic E-state index is 0.229. The van der Waals surface area contributed by atoms with Gasteiger partial charge in [-0.25, -0.2) is 4.79 Å². The molecule has 2 N–H and O–H groups in total. The highest BCUT2D eigenvalue weighted by Gasteiger charge is 2.06. The molecule has 0 spiro atoms. The summed E-state index contributed by atoms with van der Waals surface area (Å²) >= 11 is 0. The van der Waals surface area contributed by atoms with Crippen molar-refractivity contribution < 1.29 is 15.0 Å². The third kappa shape index (κ3) is 2.88. The zero-order chi connectivity index (χ0) is 9.56. The number of rotatable bonds is 4. The van der Waals surface area contributed by atoms with Crippen molar-refractivity contribution in [2.24, 2.45) is 0 Å². The number of carboxylic acid groups (broad SMARTS) is 1. The monoisotopic (exact) mass is 166 g/mol. The third-order valence-corrected chi connectivity index (χ3v) is 1.10. The third-order valence-electron chi connectivity index (χ3n) is 1.10. The van der Waals surface area contributed by atoms with Crippen molar-refractivity contribution in [1.82, 2.24) is 0 Å². The Labute approximate surface area is 70.7 Å². The van der Waals surface area contributed by atoms with Gasteiger partial charge in [0.2, 0.25) is 0 Å². The summed E-state index contributed by atoms with van der Waals surface area (Å²) in [5.41, 5.74) is -0.229. The van der Waals surface area contributed by atoms with Crippen LogP contribution < -0.4 is 0 Å². The number of carbonyl (C=O) groups is 1. The Kier molecular flexibility index (Phi) is 4.23. The van der Waals surface area contributed by atoms with E-state index in [1.165, 1.54) is 18.2 Å². The number of aliphatic hydroxyl groups is 1. The molecule has 0 saturated carbocycles. The number of carboxylic acids is 1. The molecule has 0 bridgehead atoms. The lowest BCUT2D eigenvalue weighted by Crippen LogP contribution is -2.00. The lowest BCUT2D eigenvalue weighted by Gasteiger charge is -1.95. The van der Waals surface area contributed by atoms with Crippen LogP contribution in [0.1, 0.15) is 0 Å². The minimum Gasteiger partial charge on any atom is -0.507 e. The molecule has 0 rings (SSSR count). The highest BCUT2D eigenvalue weighted by atomic mass is 16.4. The van der Waals surface area contributed by atoms with Crippen molar-refractivity contribution >= 4 is 5.97 Å². The Morgan fingerprint density at radius 3 is 2.17 bits per heavy atom. The van der Waals surface area contributed by atoms with Crippen LogP contribution in [0.15, 0.2) is 48.8 Å². The van der Waals surface area contributed by atoms with Crippen LogP contribution in [-0.2, 0) is 4.79 Å². The molecule has 0 radical (unpaired) electrons. The SMILES string of the molecule is C=C/C=C\C(O)=C(/C=C)C(=O)O. The first-order valence-corrected chi connectivity index (χ1v) is 3.21. The molecule has 0 aromatic rings. The smallest absolute Gasteiger partial charge is 0.339 e. The van der Waals surface area contributed by atoms with Crippen LogP contribution in [0.5, 0.6) is 0 Å². The molecule has 0 atom stereocenters. The van der Waals surface area contributed by atoms with Gasteiger partial charge >= 0.3 is 5.97 Å². The van der Waals surface area contributed by atoms with E-state index in [0.29, 0.717) is 0 Å². The molecule has 3 heteroatoms. The van der Waals surface area contributed by atoms with Crippen molar-refractivity contribution in [3.63, 3.8) is 0 Å². The van der Waals surface area contributed by atoms with Gasteiger partial charge < -0.3 is 10.2 Å². The van der Waals surface area contributed by atoms with Crippen LogP contribution in [-0.4, -0.2) is 16.2 Å². The van der Waals surface area contributed by atoms with Gasteiger partial charge in [0, 0.05) is 0 Å². The van der Waals surface area contributed by atoms with E-state index < -0.39 is 5.97 Å². The van der Waals surface area contributed by atoms with E-state index in [0.717, 1.165) is 6.08 Å². The lowest BCUT2D eigenvalue weighted by molar-refractivity contribution is -0.132. The molecular weight excluding hydrogens is 156 g/mol. The van der Waals surface area contributed by atoms with E-state index in [1.807, 2.05) is 0 Å². The molecule has 64 valence electrons. The van der Waals surface area contributed by atoms with E-state index in [9.17, 15) is 4.79 Å². The molecule has 0 saturated heterocycles. The summed E-state index contributed by atoms with van der Waals surface area (Å²) in [6, 6.07) is 0. The van der Waals surface area contributed by atoms with Gasteiger partial charge in [0.15, 0.2) is 0 Å². The summed E-state index contributed by atoms with van der Waals surface area (Å²) in [4.78, 5) is 10.4. The summed E-state index contributed by atoms with van der Waals surface area (Å²) in [6.07, 6.45) is 5.17. The van der Waals surface area contributed by atoms with Crippen molar-refractivity contribution in [2.45, 2.75) is 0 Å². The van der Waals surface area contributed by atoms with Crippen molar-refractivity contribution in [3.8, 4) is 0 Å². The Bertz CT molecular complexity index is 259.